The smallest absolute Gasteiger partial charge is 0.217 e. The average molecular weight is 301 g/mol. The Bertz CT molecular complexity index is 642. The van der Waals surface area contributed by atoms with Gasteiger partial charge in [0.25, 0.3) is 0 Å². The number of nitrogens with zero attached hydrogens (tertiary/aromatic N) is 1. The highest BCUT2D eigenvalue weighted by Gasteiger charge is 2.21. The molecule has 3 heteroatoms. The predicted octanol–water partition coefficient (Wildman–Crippen LogP) is 4.97. The van der Waals surface area contributed by atoms with Crippen molar-refractivity contribution in [2.24, 2.45) is 5.92 Å². The van der Waals surface area contributed by atoms with Gasteiger partial charge in [0.05, 0.1) is 19.2 Å². The minimum absolute atomic E-state index is 0.00567. The first-order valence-corrected chi connectivity index (χ1v) is 7.93. The van der Waals surface area contributed by atoms with Crippen molar-refractivity contribution < 1.29 is 9.47 Å². The van der Waals surface area contributed by atoms with E-state index in [0.29, 0.717) is 12.5 Å². The number of pyridine rings is 1. The first-order valence-electron chi connectivity index (χ1n) is 7.93. The Morgan fingerprint density at radius 2 is 1.86 bits per heavy atom. The number of rotatable bonds is 5. The SMILES string of the molecule is COc1ccc2cc(C(C)(C)C)c(OCCC(C)C)nc2c1. The molecule has 0 aliphatic carbocycles. The minimum atomic E-state index is -0.00567. The summed E-state index contributed by atoms with van der Waals surface area (Å²) >= 11 is 0. The molecule has 0 aliphatic rings. The van der Waals surface area contributed by atoms with Crippen molar-refractivity contribution in [2.45, 2.75) is 46.5 Å². The van der Waals surface area contributed by atoms with E-state index in [-0.39, 0.29) is 5.41 Å². The van der Waals surface area contributed by atoms with Crippen LogP contribution < -0.4 is 9.47 Å². The summed E-state index contributed by atoms with van der Waals surface area (Å²) in [5.41, 5.74) is 2.05. The van der Waals surface area contributed by atoms with Gasteiger partial charge in [0, 0.05) is 17.0 Å². The minimum Gasteiger partial charge on any atom is -0.497 e. The van der Waals surface area contributed by atoms with E-state index in [1.165, 1.54) is 0 Å². The average Bonchev–Trinajstić information content (AvgIpc) is 2.44. The summed E-state index contributed by atoms with van der Waals surface area (Å²) < 4.78 is 11.3. The van der Waals surface area contributed by atoms with Crippen molar-refractivity contribution in [3.8, 4) is 11.6 Å². The summed E-state index contributed by atoms with van der Waals surface area (Å²) in [6, 6.07) is 8.16. The molecule has 2 rings (SSSR count). The van der Waals surface area contributed by atoms with Gasteiger partial charge < -0.3 is 9.47 Å². The van der Waals surface area contributed by atoms with Crippen molar-refractivity contribution >= 4 is 10.9 Å². The first-order chi connectivity index (χ1) is 10.3. The van der Waals surface area contributed by atoms with Gasteiger partial charge in [-0.05, 0) is 36.0 Å². The number of fused-ring (bicyclic) bond motifs is 1. The lowest BCUT2D eigenvalue weighted by Gasteiger charge is -2.23. The third-order valence-corrected chi connectivity index (χ3v) is 3.73. The molecule has 0 spiro atoms. The van der Waals surface area contributed by atoms with Gasteiger partial charge in [-0.1, -0.05) is 34.6 Å². The van der Waals surface area contributed by atoms with Crippen LogP contribution in [-0.4, -0.2) is 18.7 Å². The van der Waals surface area contributed by atoms with Crippen molar-refractivity contribution in [2.75, 3.05) is 13.7 Å². The van der Waals surface area contributed by atoms with Gasteiger partial charge >= 0.3 is 0 Å². The molecule has 1 aromatic carbocycles. The predicted molar refractivity (Wildman–Crippen MR) is 91.9 cm³/mol. The van der Waals surface area contributed by atoms with E-state index in [4.69, 9.17) is 14.5 Å². The molecule has 1 aromatic heterocycles. The normalized spacial score (nSPS) is 12.0. The number of aromatic nitrogens is 1. The number of hydrogen-bond donors (Lipinski definition) is 0. The van der Waals surface area contributed by atoms with E-state index >= 15 is 0 Å². The maximum absolute atomic E-state index is 6.00. The number of benzene rings is 1. The lowest BCUT2D eigenvalue weighted by Crippen LogP contribution is -2.15. The monoisotopic (exact) mass is 301 g/mol. The molecule has 120 valence electrons. The number of hydrogen-bond acceptors (Lipinski definition) is 3. The zero-order valence-electron chi connectivity index (χ0n) is 14.6. The summed E-state index contributed by atoms with van der Waals surface area (Å²) in [5, 5.41) is 1.11. The van der Waals surface area contributed by atoms with Gasteiger partial charge in [0.1, 0.15) is 5.75 Å². The highest BCUT2D eigenvalue weighted by atomic mass is 16.5. The molecule has 0 saturated heterocycles. The molecular weight excluding hydrogens is 274 g/mol. The van der Waals surface area contributed by atoms with E-state index < -0.39 is 0 Å². The first kappa shape index (κ1) is 16.6. The van der Waals surface area contributed by atoms with Gasteiger partial charge in [-0.25, -0.2) is 4.98 Å². The fourth-order valence-corrected chi connectivity index (χ4v) is 2.29. The summed E-state index contributed by atoms with van der Waals surface area (Å²) in [7, 11) is 1.67. The quantitative estimate of drug-likeness (QED) is 0.781. The molecule has 0 radical (unpaired) electrons. The standard InChI is InChI=1S/C19H27NO2/c1-13(2)9-10-22-18-16(19(3,4)5)11-14-7-8-15(21-6)12-17(14)20-18/h7-8,11-13H,9-10H2,1-6H3. The van der Waals surface area contributed by atoms with E-state index in [9.17, 15) is 0 Å². The lowest BCUT2D eigenvalue weighted by molar-refractivity contribution is 0.273. The molecule has 0 unspecified atom stereocenters. The fraction of sp³-hybridized carbons (Fsp3) is 0.526. The molecule has 2 aromatic rings. The molecule has 0 bridgehead atoms. The van der Waals surface area contributed by atoms with Crippen LogP contribution in [0.3, 0.4) is 0 Å². The van der Waals surface area contributed by atoms with Crippen LogP contribution in [0, 0.1) is 5.92 Å². The zero-order chi connectivity index (χ0) is 16.3. The summed E-state index contributed by atoms with van der Waals surface area (Å²) in [5.74, 6) is 2.18. The summed E-state index contributed by atoms with van der Waals surface area (Å²) in [6.07, 6.45) is 1.03. The Balaban J connectivity index is 2.44. The van der Waals surface area contributed by atoms with E-state index in [1.807, 2.05) is 18.2 Å². The van der Waals surface area contributed by atoms with Crippen LogP contribution in [0.4, 0.5) is 0 Å². The molecule has 0 fully saturated rings. The Labute approximate surface area is 133 Å². The Morgan fingerprint density at radius 1 is 1.14 bits per heavy atom. The maximum atomic E-state index is 6.00. The highest BCUT2D eigenvalue weighted by molar-refractivity contribution is 5.82. The molecule has 3 nitrogen and oxygen atoms in total. The van der Waals surface area contributed by atoms with Crippen LogP contribution in [0.2, 0.25) is 0 Å². The second-order valence-corrected chi connectivity index (χ2v) is 7.18. The van der Waals surface area contributed by atoms with Crippen molar-refractivity contribution in [3.63, 3.8) is 0 Å². The van der Waals surface area contributed by atoms with Crippen LogP contribution in [0.1, 0.15) is 46.6 Å². The fourth-order valence-electron chi connectivity index (χ4n) is 2.29. The molecule has 0 N–H and O–H groups in total. The van der Waals surface area contributed by atoms with Crippen molar-refractivity contribution in [1.29, 1.82) is 0 Å². The van der Waals surface area contributed by atoms with E-state index in [0.717, 1.165) is 34.5 Å². The van der Waals surface area contributed by atoms with Crippen LogP contribution in [0.15, 0.2) is 24.3 Å². The van der Waals surface area contributed by atoms with E-state index in [1.54, 1.807) is 7.11 Å². The van der Waals surface area contributed by atoms with Crippen molar-refractivity contribution in [3.05, 3.63) is 29.8 Å². The Hall–Kier alpha value is -1.77. The molecule has 0 aliphatic heterocycles. The van der Waals surface area contributed by atoms with Crippen LogP contribution >= 0.6 is 0 Å². The van der Waals surface area contributed by atoms with Gasteiger partial charge in [-0.15, -0.1) is 0 Å². The van der Waals surface area contributed by atoms with Gasteiger partial charge in [0.2, 0.25) is 5.88 Å². The highest BCUT2D eigenvalue weighted by Crippen LogP contribution is 2.33. The van der Waals surface area contributed by atoms with Crippen LogP contribution in [-0.2, 0) is 5.41 Å². The molecular formula is C19H27NO2. The largest absolute Gasteiger partial charge is 0.497 e. The zero-order valence-corrected chi connectivity index (χ0v) is 14.6. The molecule has 0 atom stereocenters. The van der Waals surface area contributed by atoms with Gasteiger partial charge in [-0.2, -0.15) is 0 Å². The maximum Gasteiger partial charge on any atom is 0.217 e. The molecule has 22 heavy (non-hydrogen) atoms. The third kappa shape index (κ3) is 3.90. The number of methoxy groups -OCH3 is 1. The molecule has 0 saturated carbocycles. The second-order valence-electron chi connectivity index (χ2n) is 7.18. The second kappa shape index (κ2) is 6.55. The Kier molecular flexibility index (Phi) is 4.94. The summed E-state index contributed by atoms with van der Waals surface area (Å²) in [4.78, 5) is 4.74. The lowest BCUT2D eigenvalue weighted by atomic mass is 9.87. The topological polar surface area (TPSA) is 31.4 Å². The third-order valence-electron chi connectivity index (χ3n) is 3.73. The van der Waals surface area contributed by atoms with Gasteiger partial charge in [0.15, 0.2) is 0 Å². The van der Waals surface area contributed by atoms with Crippen LogP contribution in [0.5, 0.6) is 11.6 Å². The van der Waals surface area contributed by atoms with Crippen molar-refractivity contribution in [1.82, 2.24) is 4.98 Å². The van der Waals surface area contributed by atoms with Crippen LogP contribution in [0.25, 0.3) is 10.9 Å². The van der Waals surface area contributed by atoms with Gasteiger partial charge in [-0.3, -0.25) is 0 Å². The van der Waals surface area contributed by atoms with E-state index in [2.05, 4.69) is 40.7 Å². The summed E-state index contributed by atoms with van der Waals surface area (Å²) in [6.45, 7) is 11.7. The molecule has 1 heterocycles. The Morgan fingerprint density at radius 3 is 2.45 bits per heavy atom. The molecule has 0 amide bonds. The number of ether oxygens (including phenoxy) is 2.